The topological polar surface area (TPSA) is 48.1 Å². The molecule has 0 aliphatic heterocycles. The Hall–Kier alpha value is -2.46. The molecule has 0 aliphatic rings. The van der Waals surface area contributed by atoms with Crippen LogP contribution in [0.4, 0.5) is 4.39 Å². The number of rotatable bonds is 3. The monoisotopic (exact) mass is 282 g/mol. The highest BCUT2D eigenvalue weighted by molar-refractivity contribution is 5.79. The third-order valence-corrected chi connectivity index (χ3v) is 3.52. The van der Waals surface area contributed by atoms with Gasteiger partial charge < -0.3 is 10.5 Å². The summed E-state index contributed by atoms with van der Waals surface area (Å²) in [5.41, 5.74) is 8.88. The summed E-state index contributed by atoms with van der Waals surface area (Å²) in [7, 11) is 1.44. The van der Waals surface area contributed by atoms with E-state index in [1.165, 1.54) is 13.2 Å². The van der Waals surface area contributed by atoms with Gasteiger partial charge >= 0.3 is 0 Å². The van der Waals surface area contributed by atoms with Crippen LogP contribution in [0.2, 0.25) is 0 Å². The summed E-state index contributed by atoms with van der Waals surface area (Å²) in [6.45, 7) is 0. The maximum atomic E-state index is 13.5. The van der Waals surface area contributed by atoms with Crippen LogP contribution < -0.4 is 10.5 Å². The van der Waals surface area contributed by atoms with Gasteiger partial charge in [0.2, 0.25) is 0 Å². The van der Waals surface area contributed by atoms with Gasteiger partial charge in [0.25, 0.3) is 0 Å². The number of nitrogens with two attached hydrogens (primary N) is 1. The molecule has 1 unspecified atom stereocenters. The van der Waals surface area contributed by atoms with E-state index in [9.17, 15) is 4.39 Å². The first-order valence-corrected chi connectivity index (χ1v) is 6.63. The number of hydrogen-bond donors (Lipinski definition) is 1. The molecule has 21 heavy (non-hydrogen) atoms. The minimum atomic E-state index is -0.395. The summed E-state index contributed by atoms with van der Waals surface area (Å²) in [6, 6.07) is 14.1. The van der Waals surface area contributed by atoms with Gasteiger partial charge in [0, 0.05) is 11.6 Å². The molecule has 4 heteroatoms. The average Bonchev–Trinajstić information content (AvgIpc) is 2.54. The van der Waals surface area contributed by atoms with Crippen LogP contribution in [0.15, 0.2) is 54.7 Å². The summed E-state index contributed by atoms with van der Waals surface area (Å²) >= 11 is 0. The van der Waals surface area contributed by atoms with Gasteiger partial charge in [-0.05, 0) is 35.4 Å². The molecule has 1 aromatic heterocycles. The Morgan fingerprint density at radius 2 is 1.86 bits per heavy atom. The summed E-state index contributed by atoms with van der Waals surface area (Å²) in [5.74, 6) is -0.199. The first kappa shape index (κ1) is 13.5. The van der Waals surface area contributed by atoms with Crippen LogP contribution in [0.5, 0.6) is 5.75 Å². The molecule has 0 radical (unpaired) electrons. The van der Waals surface area contributed by atoms with Crippen LogP contribution in [-0.4, -0.2) is 12.1 Å². The molecule has 3 aromatic rings. The summed E-state index contributed by atoms with van der Waals surface area (Å²) in [6.07, 6.45) is 1.75. The SMILES string of the molecule is COc1cc(C(N)c2ccc3cccnc3c2)ccc1F. The summed E-state index contributed by atoms with van der Waals surface area (Å²) < 4.78 is 18.5. The molecule has 3 rings (SSSR count). The Morgan fingerprint density at radius 1 is 1.10 bits per heavy atom. The lowest BCUT2D eigenvalue weighted by atomic mass is 9.98. The Balaban J connectivity index is 2.01. The third kappa shape index (κ3) is 2.58. The lowest BCUT2D eigenvalue weighted by Gasteiger charge is -2.14. The Labute approximate surface area is 122 Å². The fourth-order valence-corrected chi connectivity index (χ4v) is 2.34. The van der Waals surface area contributed by atoms with Crippen LogP contribution >= 0.6 is 0 Å². The molecule has 1 atom stereocenters. The molecule has 0 spiro atoms. The van der Waals surface area contributed by atoms with Gasteiger partial charge in [0.05, 0.1) is 18.7 Å². The van der Waals surface area contributed by atoms with Crippen LogP contribution in [0, 0.1) is 5.82 Å². The van der Waals surface area contributed by atoms with Crippen LogP contribution in [0.1, 0.15) is 17.2 Å². The van der Waals surface area contributed by atoms with Crippen molar-refractivity contribution in [3.05, 3.63) is 71.7 Å². The number of nitrogens with zero attached hydrogens (tertiary/aromatic N) is 1. The van der Waals surface area contributed by atoms with E-state index >= 15 is 0 Å². The fraction of sp³-hybridized carbons (Fsp3) is 0.118. The molecular weight excluding hydrogens is 267 g/mol. The second-order valence-corrected chi connectivity index (χ2v) is 4.83. The van der Waals surface area contributed by atoms with E-state index < -0.39 is 5.82 Å². The molecule has 1 heterocycles. The van der Waals surface area contributed by atoms with Crippen molar-refractivity contribution in [2.45, 2.75) is 6.04 Å². The zero-order chi connectivity index (χ0) is 14.8. The van der Waals surface area contributed by atoms with E-state index in [0.29, 0.717) is 0 Å². The largest absolute Gasteiger partial charge is 0.494 e. The summed E-state index contributed by atoms with van der Waals surface area (Å²) in [4.78, 5) is 4.33. The molecule has 2 N–H and O–H groups in total. The maximum absolute atomic E-state index is 13.5. The number of methoxy groups -OCH3 is 1. The molecule has 0 saturated carbocycles. The Morgan fingerprint density at radius 3 is 2.67 bits per heavy atom. The number of fused-ring (bicyclic) bond motifs is 1. The highest BCUT2D eigenvalue weighted by Gasteiger charge is 2.12. The van der Waals surface area contributed by atoms with Gasteiger partial charge in [-0.25, -0.2) is 4.39 Å². The van der Waals surface area contributed by atoms with Crippen molar-refractivity contribution in [1.82, 2.24) is 4.98 Å². The highest BCUT2D eigenvalue weighted by Crippen LogP contribution is 2.27. The number of hydrogen-bond acceptors (Lipinski definition) is 3. The van der Waals surface area contributed by atoms with E-state index in [-0.39, 0.29) is 11.8 Å². The van der Waals surface area contributed by atoms with Gasteiger partial charge in [-0.2, -0.15) is 0 Å². The second kappa shape index (κ2) is 5.50. The maximum Gasteiger partial charge on any atom is 0.165 e. The minimum Gasteiger partial charge on any atom is -0.494 e. The van der Waals surface area contributed by atoms with Crippen molar-refractivity contribution in [2.24, 2.45) is 5.73 Å². The van der Waals surface area contributed by atoms with Crippen LogP contribution in [0.25, 0.3) is 10.9 Å². The van der Waals surface area contributed by atoms with Gasteiger partial charge in [0.15, 0.2) is 11.6 Å². The van der Waals surface area contributed by atoms with Crippen molar-refractivity contribution < 1.29 is 9.13 Å². The molecule has 0 bridgehead atoms. The Kier molecular flexibility index (Phi) is 3.54. The van der Waals surface area contributed by atoms with E-state index in [0.717, 1.165) is 22.0 Å². The first-order chi connectivity index (χ1) is 10.2. The standard InChI is InChI=1S/C17H15FN2O/c1-21-16-10-13(6-7-14(16)18)17(19)12-5-4-11-3-2-8-20-15(11)9-12/h2-10,17H,19H2,1H3. The van der Waals surface area contributed by atoms with Gasteiger partial charge in [-0.1, -0.05) is 24.3 Å². The van der Waals surface area contributed by atoms with E-state index in [4.69, 9.17) is 10.5 Å². The quantitative estimate of drug-likeness (QED) is 0.800. The van der Waals surface area contributed by atoms with Gasteiger partial charge in [0.1, 0.15) is 0 Å². The molecule has 3 nitrogen and oxygen atoms in total. The number of halogens is 1. The number of benzene rings is 2. The number of ether oxygens (including phenoxy) is 1. The number of pyridine rings is 1. The van der Waals surface area contributed by atoms with Gasteiger partial charge in [-0.15, -0.1) is 0 Å². The molecule has 106 valence electrons. The highest BCUT2D eigenvalue weighted by atomic mass is 19.1. The second-order valence-electron chi connectivity index (χ2n) is 4.83. The zero-order valence-corrected chi connectivity index (χ0v) is 11.6. The number of aromatic nitrogens is 1. The van der Waals surface area contributed by atoms with Crippen molar-refractivity contribution >= 4 is 10.9 Å². The smallest absolute Gasteiger partial charge is 0.165 e. The predicted molar refractivity (Wildman–Crippen MR) is 80.7 cm³/mol. The Bertz CT molecular complexity index is 789. The van der Waals surface area contributed by atoms with E-state index in [1.807, 2.05) is 30.3 Å². The molecule has 0 fully saturated rings. The molecule has 0 aliphatic carbocycles. The first-order valence-electron chi connectivity index (χ1n) is 6.63. The molecule has 2 aromatic carbocycles. The molecular formula is C17H15FN2O. The molecule has 0 saturated heterocycles. The van der Waals surface area contributed by atoms with E-state index in [1.54, 1.807) is 18.3 Å². The third-order valence-electron chi connectivity index (χ3n) is 3.52. The minimum absolute atomic E-state index is 0.196. The lowest BCUT2D eigenvalue weighted by molar-refractivity contribution is 0.385. The van der Waals surface area contributed by atoms with Crippen molar-refractivity contribution in [3.8, 4) is 5.75 Å². The van der Waals surface area contributed by atoms with E-state index in [2.05, 4.69) is 4.98 Å². The fourth-order valence-electron chi connectivity index (χ4n) is 2.34. The van der Waals surface area contributed by atoms with Crippen molar-refractivity contribution in [1.29, 1.82) is 0 Å². The van der Waals surface area contributed by atoms with Crippen LogP contribution in [-0.2, 0) is 0 Å². The van der Waals surface area contributed by atoms with Crippen molar-refractivity contribution in [2.75, 3.05) is 7.11 Å². The van der Waals surface area contributed by atoms with Crippen molar-refractivity contribution in [3.63, 3.8) is 0 Å². The lowest BCUT2D eigenvalue weighted by Crippen LogP contribution is -2.12. The zero-order valence-electron chi connectivity index (χ0n) is 11.6. The van der Waals surface area contributed by atoms with Crippen LogP contribution in [0.3, 0.4) is 0 Å². The molecule has 0 amide bonds. The normalized spacial score (nSPS) is 12.3. The summed E-state index contributed by atoms with van der Waals surface area (Å²) in [5, 5.41) is 1.06. The average molecular weight is 282 g/mol. The predicted octanol–water partition coefficient (Wildman–Crippen LogP) is 3.43. The van der Waals surface area contributed by atoms with Gasteiger partial charge in [-0.3, -0.25) is 4.98 Å².